The maximum atomic E-state index is 2.37. The predicted octanol–water partition coefficient (Wildman–Crippen LogP) is 6.07. The summed E-state index contributed by atoms with van der Waals surface area (Å²) in [6, 6.07) is 32.8. The van der Waals surface area contributed by atoms with Crippen molar-refractivity contribution in [2.24, 2.45) is 5.92 Å². The van der Waals surface area contributed by atoms with Crippen molar-refractivity contribution >= 4 is 0 Å². The molecule has 0 aromatic heterocycles. The molecule has 0 spiro atoms. The molecule has 3 aromatic carbocycles. The summed E-state index contributed by atoms with van der Waals surface area (Å²) in [6.45, 7) is 4.65. The highest BCUT2D eigenvalue weighted by Gasteiger charge is 2.40. The van der Waals surface area contributed by atoms with Gasteiger partial charge in [-0.1, -0.05) is 111 Å². The van der Waals surface area contributed by atoms with E-state index < -0.39 is 0 Å². The van der Waals surface area contributed by atoms with Crippen LogP contribution in [-0.4, -0.2) is 0 Å². The van der Waals surface area contributed by atoms with E-state index in [4.69, 9.17) is 0 Å². The Morgan fingerprint density at radius 3 is 1.17 bits per heavy atom. The maximum absolute atomic E-state index is 2.37. The van der Waals surface area contributed by atoms with Gasteiger partial charge in [0.15, 0.2) is 0 Å². The molecular weight excluding hydrogens is 276 g/mol. The molecule has 0 unspecified atom stereocenters. The quantitative estimate of drug-likeness (QED) is 0.502. The van der Waals surface area contributed by atoms with E-state index in [9.17, 15) is 0 Å². The minimum absolute atomic E-state index is 0.113. The van der Waals surface area contributed by atoms with E-state index in [1.807, 2.05) is 0 Å². The highest BCUT2D eigenvalue weighted by Crippen LogP contribution is 2.46. The molecule has 0 fully saturated rings. The molecular formula is C23H24. The Labute approximate surface area is 139 Å². The standard InChI is InChI=1S/C23H24/c1-3-19(2)23(20-13-7-4-8-14-20,21-15-9-5-10-16-21)22-17-11-6-12-18-22/h4-19H,3H2,1-2H3/t19-/m1/s1. The summed E-state index contributed by atoms with van der Waals surface area (Å²) in [5.74, 6) is 0.495. The molecule has 0 N–H and O–H groups in total. The Bertz CT molecular complexity index is 617. The van der Waals surface area contributed by atoms with Gasteiger partial charge in [0.1, 0.15) is 0 Å². The van der Waals surface area contributed by atoms with Crippen molar-refractivity contribution in [3.63, 3.8) is 0 Å². The SMILES string of the molecule is CC[C@@H](C)C(c1ccccc1)(c1ccccc1)c1ccccc1. The van der Waals surface area contributed by atoms with E-state index in [0.717, 1.165) is 6.42 Å². The molecule has 116 valence electrons. The van der Waals surface area contributed by atoms with E-state index in [0.29, 0.717) is 5.92 Å². The van der Waals surface area contributed by atoms with Crippen LogP contribution in [0, 0.1) is 5.92 Å². The second-order valence-electron chi connectivity index (χ2n) is 6.22. The van der Waals surface area contributed by atoms with E-state index in [1.54, 1.807) is 0 Å². The third-order valence-electron chi connectivity index (χ3n) is 5.04. The summed E-state index contributed by atoms with van der Waals surface area (Å²) in [7, 11) is 0. The van der Waals surface area contributed by atoms with Gasteiger partial charge in [-0.2, -0.15) is 0 Å². The van der Waals surface area contributed by atoms with Crippen LogP contribution in [0.25, 0.3) is 0 Å². The van der Waals surface area contributed by atoms with Gasteiger partial charge < -0.3 is 0 Å². The number of benzene rings is 3. The normalized spacial score (nSPS) is 12.8. The summed E-state index contributed by atoms with van der Waals surface area (Å²) in [6.07, 6.45) is 1.12. The van der Waals surface area contributed by atoms with Crippen LogP contribution in [0.15, 0.2) is 91.0 Å². The third kappa shape index (κ3) is 2.70. The number of hydrogen-bond donors (Lipinski definition) is 0. The van der Waals surface area contributed by atoms with Crippen molar-refractivity contribution < 1.29 is 0 Å². The smallest absolute Gasteiger partial charge is 0.0476 e. The molecule has 0 heterocycles. The lowest BCUT2D eigenvalue weighted by molar-refractivity contribution is 0.392. The van der Waals surface area contributed by atoms with E-state index in [1.165, 1.54) is 16.7 Å². The van der Waals surface area contributed by atoms with Gasteiger partial charge >= 0.3 is 0 Å². The topological polar surface area (TPSA) is 0 Å². The van der Waals surface area contributed by atoms with E-state index in [2.05, 4.69) is 105 Å². The first kappa shape index (κ1) is 15.6. The third-order valence-corrected chi connectivity index (χ3v) is 5.04. The average Bonchev–Trinajstić information content (AvgIpc) is 2.65. The fourth-order valence-corrected chi connectivity index (χ4v) is 3.76. The zero-order valence-electron chi connectivity index (χ0n) is 13.9. The molecule has 0 aliphatic carbocycles. The van der Waals surface area contributed by atoms with Crippen molar-refractivity contribution in [2.75, 3.05) is 0 Å². The summed E-state index contributed by atoms with van der Waals surface area (Å²) in [5.41, 5.74) is 3.99. The first-order chi connectivity index (χ1) is 11.3. The van der Waals surface area contributed by atoms with Crippen LogP contribution in [0.2, 0.25) is 0 Å². The van der Waals surface area contributed by atoms with Crippen LogP contribution in [0.3, 0.4) is 0 Å². The molecule has 0 amide bonds. The number of hydrogen-bond acceptors (Lipinski definition) is 0. The van der Waals surface area contributed by atoms with Crippen LogP contribution < -0.4 is 0 Å². The average molecular weight is 300 g/mol. The molecule has 0 saturated carbocycles. The monoisotopic (exact) mass is 300 g/mol. The zero-order chi connectivity index (χ0) is 16.1. The Morgan fingerprint density at radius 1 is 0.609 bits per heavy atom. The van der Waals surface area contributed by atoms with Crippen molar-refractivity contribution in [1.29, 1.82) is 0 Å². The molecule has 3 rings (SSSR count). The van der Waals surface area contributed by atoms with Gasteiger partial charge in [-0.25, -0.2) is 0 Å². The highest BCUT2D eigenvalue weighted by atomic mass is 14.4. The molecule has 0 aliphatic rings. The second-order valence-corrected chi connectivity index (χ2v) is 6.22. The summed E-state index contributed by atoms with van der Waals surface area (Å²) < 4.78 is 0. The minimum atomic E-state index is -0.113. The zero-order valence-corrected chi connectivity index (χ0v) is 13.9. The number of rotatable bonds is 5. The van der Waals surface area contributed by atoms with E-state index >= 15 is 0 Å². The minimum Gasteiger partial charge on any atom is -0.0651 e. The Balaban J connectivity index is 2.35. The Kier molecular flexibility index (Phi) is 4.62. The van der Waals surface area contributed by atoms with Crippen molar-refractivity contribution in [1.82, 2.24) is 0 Å². The molecule has 0 radical (unpaired) electrons. The highest BCUT2D eigenvalue weighted by molar-refractivity contribution is 5.51. The van der Waals surface area contributed by atoms with Gasteiger partial charge in [0.2, 0.25) is 0 Å². The van der Waals surface area contributed by atoms with Crippen LogP contribution in [0.5, 0.6) is 0 Å². The van der Waals surface area contributed by atoms with Crippen molar-refractivity contribution in [3.05, 3.63) is 108 Å². The Morgan fingerprint density at radius 2 is 0.913 bits per heavy atom. The fourth-order valence-electron chi connectivity index (χ4n) is 3.76. The molecule has 23 heavy (non-hydrogen) atoms. The van der Waals surface area contributed by atoms with Crippen LogP contribution >= 0.6 is 0 Å². The lowest BCUT2D eigenvalue weighted by Gasteiger charge is -2.41. The molecule has 0 heteroatoms. The van der Waals surface area contributed by atoms with Gasteiger partial charge in [0.25, 0.3) is 0 Å². The second kappa shape index (κ2) is 6.83. The lowest BCUT2D eigenvalue weighted by atomic mass is 9.61. The van der Waals surface area contributed by atoms with E-state index in [-0.39, 0.29) is 5.41 Å². The van der Waals surface area contributed by atoms with Gasteiger partial charge in [0, 0.05) is 5.41 Å². The van der Waals surface area contributed by atoms with Crippen LogP contribution in [0.1, 0.15) is 37.0 Å². The van der Waals surface area contributed by atoms with Crippen molar-refractivity contribution in [2.45, 2.75) is 25.7 Å². The first-order valence-corrected chi connectivity index (χ1v) is 8.46. The maximum Gasteiger partial charge on any atom is 0.0476 e. The summed E-state index contributed by atoms with van der Waals surface area (Å²) in [5, 5.41) is 0. The van der Waals surface area contributed by atoms with Crippen LogP contribution in [-0.2, 0) is 5.41 Å². The molecule has 0 saturated heterocycles. The molecule has 1 atom stereocenters. The van der Waals surface area contributed by atoms with Gasteiger partial charge in [-0.15, -0.1) is 0 Å². The van der Waals surface area contributed by atoms with Gasteiger partial charge in [-0.05, 0) is 22.6 Å². The van der Waals surface area contributed by atoms with Crippen LogP contribution in [0.4, 0.5) is 0 Å². The molecule has 0 aliphatic heterocycles. The predicted molar refractivity (Wildman–Crippen MR) is 98.7 cm³/mol. The van der Waals surface area contributed by atoms with Gasteiger partial charge in [0.05, 0.1) is 0 Å². The molecule has 0 bridgehead atoms. The lowest BCUT2D eigenvalue weighted by Crippen LogP contribution is -2.36. The van der Waals surface area contributed by atoms with Gasteiger partial charge in [-0.3, -0.25) is 0 Å². The fraction of sp³-hybridized carbons (Fsp3) is 0.217. The largest absolute Gasteiger partial charge is 0.0651 e. The first-order valence-electron chi connectivity index (χ1n) is 8.46. The molecule has 0 nitrogen and oxygen atoms in total. The summed E-state index contributed by atoms with van der Waals surface area (Å²) >= 11 is 0. The summed E-state index contributed by atoms with van der Waals surface area (Å²) in [4.78, 5) is 0. The Hall–Kier alpha value is -2.34. The molecule has 3 aromatic rings. The van der Waals surface area contributed by atoms with Crippen molar-refractivity contribution in [3.8, 4) is 0 Å².